The van der Waals surface area contributed by atoms with Crippen LogP contribution >= 0.6 is 0 Å². The van der Waals surface area contributed by atoms with Crippen molar-refractivity contribution in [1.82, 2.24) is 4.98 Å². The zero-order chi connectivity index (χ0) is 9.10. The Hall–Kier alpha value is -1.37. The summed E-state index contributed by atoms with van der Waals surface area (Å²) in [6.45, 7) is 2.20. The van der Waals surface area contributed by atoms with Gasteiger partial charge < -0.3 is 0 Å². The summed E-state index contributed by atoms with van der Waals surface area (Å²) in [5.74, 6) is 0. The number of rotatable bonds is 2. The van der Waals surface area contributed by atoms with Gasteiger partial charge in [-0.25, -0.2) is 0 Å². The summed E-state index contributed by atoms with van der Waals surface area (Å²) in [4.78, 5) is 4.23. The van der Waals surface area contributed by atoms with E-state index in [0.717, 1.165) is 6.42 Å². The van der Waals surface area contributed by atoms with Gasteiger partial charge in [0.25, 0.3) is 0 Å². The van der Waals surface area contributed by atoms with Gasteiger partial charge >= 0.3 is 0 Å². The van der Waals surface area contributed by atoms with E-state index in [0.29, 0.717) is 0 Å². The molecule has 0 aliphatic rings. The van der Waals surface area contributed by atoms with E-state index < -0.39 is 0 Å². The van der Waals surface area contributed by atoms with Crippen LogP contribution in [0.4, 0.5) is 0 Å². The number of fused-ring (bicyclic) bond motifs is 1. The van der Waals surface area contributed by atoms with Crippen LogP contribution in [0.25, 0.3) is 10.8 Å². The minimum absolute atomic E-state index is 1.12. The molecular formula is C12H13N. The normalized spacial score (nSPS) is 10.5. The summed E-state index contributed by atoms with van der Waals surface area (Å²) in [5, 5.41) is 2.59. The van der Waals surface area contributed by atoms with Crippen LogP contribution < -0.4 is 0 Å². The average molecular weight is 171 g/mol. The third-order valence-corrected chi connectivity index (χ3v) is 2.27. The van der Waals surface area contributed by atoms with Crippen molar-refractivity contribution in [2.45, 2.75) is 19.8 Å². The molecular weight excluding hydrogens is 158 g/mol. The van der Waals surface area contributed by atoms with Crippen molar-refractivity contribution in [3.63, 3.8) is 0 Å². The Morgan fingerprint density at radius 1 is 1.15 bits per heavy atom. The van der Waals surface area contributed by atoms with Gasteiger partial charge in [0.2, 0.25) is 0 Å². The number of pyridine rings is 1. The van der Waals surface area contributed by atoms with Crippen molar-refractivity contribution in [3.05, 3.63) is 42.2 Å². The van der Waals surface area contributed by atoms with Crippen LogP contribution in [0.1, 0.15) is 18.9 Å². The maximum Gasteiger partial charge on any atom is 0.0346 e. The molecule has 0 fully saturated rings. The Kier molecular flexibility index (Phi) is 2.26. The van der Waals surface area contributed by atoms with Gasteiger partial charge in [-0.2, -0.15) is 0 Å². The Morgan fingerprint density at radius 3 is 2.85 bits per heavy atom. The molecule has 0 amide bonds. The molecule has 0 saturated carbocycles. The highest BCUT2D eigenvalue weighted by Crippen LogP contribution is 2.17. The van der Waals surface area contributed by atoms with E-state index in [1.54, 1.807) is 0 Å². The lowest BCUT2D eigenvalue weighted by molar-refractivity contribution is 0.923. The Morgan fingerprint density at radius 2 is 2.00 bits per heavy atom. The third-order valence-electron chi connectivity index (χ3n) is 2.27. The Balaban J connectivity index is 2.61. The van der Waals surface area contributed by atoms with Gasteiger partial charge in [0, 0.05) is 17.8 Å². The topological polar surface area (TPSA) is 12.9 Å². The first-order valence-electron chi connectivity index (χ1n) is 4.73. The number of benzene rings is 1. The SMILES string of the molecule is CCCc1cncc2ccccc12. The summed E-state index contributed by atoms with van der Waals surface area (Å²) >= 11 is 0. The van der Waals surface area contributed by atoms with Crippen LogP contribution in [0.3, 0.4) is 0 Å². The van der Waals surface area contributed by atoms with E-state index in [2.05, 4.69) is 36.2 Å². The third kappa shape index (κ3) is 1.55. The number of aryl methyl sites for hydroxylation is 1. The highest BCUT2D eigenvalue weighted by atomic mass is 14.6. The molecule has 1 heterocycles. The van der Waals surface area contributed by atoms with Crippen LogP contribution in [0.5, 0.6) is 0 Å². The molecule has 0 unspecified atom stereocenters. The van der Waals surface area contributed by atoms with Crippen LogP contribution in [-0.2, 0) is 6.42 Å². The number of hydrogen-bond acceptors (Lipinski definition) is 1. The Bertz CT molecular complexity index is 401. The summed E-state index contributed by atoms with van der Waals surface area (Å²) in [6, 6.07) is 8.42. The maximum absolute atomic E-state index is 4.23. The maximum atomic E-state index is 4.23. The lowest BCUT2D eigenvalue weighted by Crippen LogP contribution is -1.87. The quantitative estimate of drug-likeness (QED) is 0.676. The lowest BCUT2D eigenvalue weighted by atomic mass is 10.0. The predicted octanol–water partition coefficient (Wildman–Crippen LogP) is 3.19. The highest BCUT2D eigenvalue weighted by molar-refractivity contribution is 5.84. The molecule has 0 aliphatic heterocycles. The van der Waals surface area contributed by atoms with Crippen molar-refractivity contribution in [1.29, 1.82) is 0 Å². The van der Waals surface area contributed by atoms with E-state index in [-0.39, 0.29) is 0 Å². The zero-order valence-electron chi connectivity index (χ0n) is 7.83. The molecule has 0 aliphatic carbocycles. The number of aromatic nitrogens is 1. The minimum Gasteiger partial charge on any atom is -0.264 e. The van der Waals surface area contributed by atoms with E-state index in [1.807, 2.05) is 12.4 Å². The van der Waals surface area contributed by atoms with Gasteiger partial charge in [-0.15, -0.1) is 0 Å². The van der Waals surface area contributed by atoms with Crippen molar-refractivity contribution in [3.8, 4) is 0 Å². The zero-order valence-corrected chi connectivity index (χ0v) is 7.83. The van der Waals surface area contributed by atoms with Gasteiger partial charge in [-0.3, -0.25) is 4.98 Å². The monoisotopic (exact) mass is 171 g/mol. The number of nitrogens with zero attached hydrogens (tertiary/aromatic N) is 1. The highest BCUT2D eigenvalue weighted by Gasteiger charge is 1.98. The fraction of sp³-hybridized carbons (Fsp3) is 0.250. The molecule has 0 bridgehead atoms. The van der Waals surface area contributed by atoms with Gasteiger partial charge in [0.1, 0.15) is 0 Å². The molecule has 1 aromatic carbocycles. The molecule has 0 spiro atoms. The largest absolute Gasteiger partial charge is 0.264 e. The molecule has 2 aromatic rings. The summed E-state index contributed by atoms with van der Waals surface area (Å²) < 4.78 is 0. The lowest BCUT2D eigenvalue weighted by Gasteiger charge is -2.03. The first-order valence-corrected chi connectivity index (χ1v) is 4.73. The van der Waals surface area contributed by atoms with E-state index in [9.17, 15) is 0 Å². The van der Waals surface area contributed by atoms with Crippen molar-refractivity contribution in [2.75, 3.05) is 0 Å². The molecule has 0 saturated heterocycles. The van der Waals surface area contributed by atoms with Gasteiger partial charge in [0.05, 0.1) is 0 Å². The smallest absolute Gasteiger partial charge is 0.0346 e. The van der Waals surface area contributed by atoms with Crippen LogP contribution in [-0.4, -0.2) is 4.98 Å². The second-order valence-corrected chi connectivity index (χ2v) is 3.27. The van der Waals surface area contributed by atoms with Gasteiger partial charge in [-0.1, -0.05) is 37.6 Å². The molecule has 2 rings (SSSR count). The fourth-order valence-corrected chi connectivity index (χ4v) is 1.65. The van der Waals surface area contributed by atoms with Gasteiger partial charge in [0.15, 0.2) is 0 Å². The molecule has 0 radical (unpaired) electrons. The summed E-state index contributed by atoms with van der Waals surface area (Å²) in [6.07, 6.45) is 6.20. The van der Waals surface area contributed by atoms with Crippen molar-refractivity contribution >= 4 is 10.8 Å². The second-order valence-electron chi connectivity index (χ2n) is 3.27. The fourth-order valence-electron chi connectivity index (χ4n) is 1.65. The molecule has 13 heavy (non-hydrogen) atoms. The summed E-state index contributed by atoms with van der Waals surface area (Å²) in [7, 11) is 0. The van der Waals surface area contributed by atoms with Gasteiger partial charge in [-0.05, 0) is 17.4 Å². The van der Waals surface area contributed by atoms with E-state index in [1.165, 1.54) is 22.8 Å². The van der Waals surface area contributed by atoms with Crippen LogP contribution in [0.15, 0.2) is 36.7 Å². The van der Waals surface area contributed by atoms with Crippen LogP contribution in [0.2, 0.25) is 0 Å². The van der Waals surface area contributed by atoms with Crippen molar-refractivity contribution < 1.29 is 0 Å². The first kappa shape index (κ1) is 8.24. The van der Waals surface area contributed by atoms with E-state index in [4.69, 9.17) is 0 Å². The second kappa shape index (κ2) is 3.56. The standard InChI is InChI=1S/C12H13N/c1-2-5-10-8-13-9-11-6-3-4-7-12(10)11/h3-4,6-9H,2,5H2,1H3. The molecule has 66 valence electrons. The molecule has 0 atom stereocenters. The van der Waals surface area contributed by atoms with Crippen LogP contribution in [0, 0.1) is 0 Å². The molecule has 1 nitrogen and oxygen atoms in total. The predicted molar refractivity (Wildman–Crippen MR) is 55.7 cm³/mol. The summed E-state index contributed by atoms with van der Waals surface area (Å²) in [5.41, 5.74) is 1.36. The Labute approximate surface area is 78.4 Å². The molecule has 1 aromatic heterocycles. The average Bonchev–Trinajstić information content (AvgIpc) is 2.19. The van der Waals surface area contributed by atoms with Crippen molar-refractivity contribution in [2.24, 2.45) is 0 Å². The molecule has 0 N–H and O–H groups in total. The number of hydrogen-bond donors (Lipinski definition) is 0. The molecule has 1 heteroatoms. The minimum atomic E-state index is 1.12. The first-order chi connectivity index (χ1) is 6.42. The van der Waals surface area contributed by atoms with E-state index >= 15 is 0 Å².